The number of rotatable bonds is 17. The van der Waals surface area contributed by atoms with Crippen molar-refractivity contribution in [3.8, 4) is 0 Å². The molecule has 0 bridgehead atoms. The Morgan fingerprint density at radius 2 is 0.967 bits per heavy atom. The number of alkyl halides is 6. The number of thiazole rings is 1. The SMILES string of the molecule is CC(C)[C@@H]1CN(c2ccc(CO)c(S(C)(=O)=O)c2)CCN1c1nc(C(F)(F)F)c(CO)o1.CC(C)[C@@H]1CN(c2ccc(CO)c(S(C)(=O)=O)c2)CCN1c1nc(C(F)(F)F)c(CO)s1.CC(C)[C@@H]1CN(c2ccc(F)c(S(C)(=O)=O)c2)CCN1c1nccc(CO)n1. The molecule has 3 aromatic carbocycles. The van der Waals surface area contributed by atoms with Crippen LogP contribution in [0.1, 0.15) is 80.4 Å². The van der Waals surface area contributed by atoms with Gasteiger partial charge in [0.15, 0.2) is 51.8 Å². The molecule has 3 aromatic heterocycles. The number of benzene rings is 3. The highest BCUT2D eigenvalue weighted by molar-refractivity contribution is 7.91. The molecule has 92 heavy (non-hydrogen) atoms. The van der Waals surface area contributed by atoms with Gasteiger partial charge in [0.1, 0.15) is 17.3 Å². The van der Waals surface area contributed by atoms with Gasteiger partial charge in [-0.3, -0.25) is 0 Å². The number of nitrogens with zero attached hydrogens (tertiary/aromatic N) is 10. The molecule has 508 valence electrons. The van der Waals surface area contributed by atoms with Crippen molar-refractivity contribution in [2.24, 2.45) is 17.8 Å². The molecule has 3 aliphatic heterocycles. The van der Waals surface area contributed by atoms with Gasteiger partial charge in [-0.2, -0.15) is 31.3 Å². The van der Waals surface area contributed by atoms with Crippen molar-refractivity contribution in [2.45, 2.75) is 120 Å². The molecule has 6 aromatic rings. The number of aliphatic hydroxyl groups excluding tert-OH is 5. The van der Waals surface area contributed by atoms with Crippen LogP contribution in [0.2, 0.25) is 0 Å². The topological polar surface area (TPSA) is 288 Å². The molecule has 22 nitrogen and oxygen atoms in total. The molecular weight excluding hydrogens is 1300 g/mol. The fourth-order valence-electron chi connectivity index (χ4n) is 11.2. The number of oxazole rings is 1. The van der Waals surface area contributed by atoms with Crippen LogP contribution < -0.4 is 29.4 Å². The van der Waals surface area contributed by atoms with Gasteiger partial charge in [-0.15, -0.1) is 0 Å². The first-order chi connectivity index (χ1) is 42.9. The summed E-state index contributed by atoms with van der Waals surface area (Å²) >= 11 is 0.841. The molecule has 5 N–H and O–H groups in total. The van der Waals surface area contributed by atoms with Crippen LogP contribution in [0.4, 0.5) is 64.9 Å². The molecule has 3 fully saturated rings. The highest BCUT2D eigenvalue weighted by Crippen LogP contribution is 2.41. The largest absolute Gasteiger partial charge is 0.437 e. The van der Waals surface area contributed by atoms with Crippen molar-refractivity contribution in [1.82, 2.24) is 19.9 Å². The minimum atomic E-state index is -4.74. The third-order valence-corrected chi connectivity index (χ3v) is 20.6. The number of sulfone groups is 3. The summed E-state index contributed by atoms with van der Waals surface area (Å²) in [7, 11) is -10.7. The first kappa shape index (κ1) is 73.0. The lowest BCUT2D eigenvalue weighted by molar-refractivity contribution is -0.143. The summed E-state index contributed by atoms with van der Waals surface area (Å²) in [5.41, 5.74) is 0.857. The van der Waals surface area contributed by atoms with E-state index in [9.17, 15) is 81.5 Å². The van der Waals surface area contributed by atoms with Crippen molar-refractivity contribution < 1.29 is 85.9 Å². The summed E-state index contributed by atoms with van der Waals surface area (Å²) < 4.78 is 171. The minimum absolute atomic E-state index is 0.00251. The average molecular weight is 1380 g/mol. The number of piperazine rings is 3. The van der Waals surface area contributed by atoms with Crippen LogP contribution in [0, 0.1) is 23.6 Å². The molecular formula is C59H77F7N10O12S4. The average Bonchev–Trinajstić information content (AvgIpc) is 1.27. The van der Waals surface area contributed by atoms with Gasteiger partial charge >= 0.3 is 12.4 Å². The Morgan fingerprint density at radius 1 is 0.533 bits per heavy atom. The Kier molecular flexibility index (Phi) is 23.4. The van der Waals surface area contributed by atoms with Crippen molar-refractivity contribution in [2.75, 3.05) is 107 Å². The second-order valence-electron chi connectivity index (χ2n) is 23.5. The Hall–Kier alpha value is -6.46. The van der Waals surface area contributed by atoms with E-state index in [2.05, 4.69) is 43.6 Å². The number of aromatic nitrogens is 4. The summed E-state index contributed by atoms with van der Waals surface area (Å²) in [5.74, 6) is -0.448. The van der Waals surface area contributed by atoms with Gasteiger partial charge in [0, 0.05) is 101 Å². The van der Waals surface area contributed by atoms with Crippen LogP contribution in [-0.2, 0) is 74.9 Å². The van der Waals surface area contributed by atoms with E-state index < -0.39 is 91.3 Å². The molecule has 0 aliphatic carbocycles. The van der Waals surface area contributed by atoms with E-state index in [1.807, 2.05) is 42.4 Å². The maximum atomic E-state index is 13.9. The summed E-state index contributed by atoms with van der Waals surface area (Å²) in [6, 6.07) is 14.9. The normalized spacial score (nSPS) is 18.0. The lowest BCUT2D eigenvalue weighted by Gasteiger charge is -2.44. The van der Waals surface area contributed by atoms with Crippen LogP contribution in [0.3, 0.4) is 0 Å². The van der Waals surface area contributed by atoms with Crippen molar-refractivity contribution in [1.29, 1.82) is 0 Å². The molecule has 6 heterocycles. The first-order valence-corrected chi connectivity index (χ1v) is 35.6. The molecule has 0 saturated carbocycles. The molecule has 3 aliphatic rings. The van der Waals surface area contributed by atoms with E-state index >= 15 is 0 Å². The Labute approximate surface area is 534 Å². The van der Waals surface area contributed by atoms with E-state index in [0.29, 0.717) is 92.2 Å². The van der Waals surface area contributed by atoms with E-state index in [4.69, 9.17) is 4.42 Å². The molecule has 0 radical (unpaired) electrons. The van der Waals surface area contributed by atoms with Gasteiger partial charge in [-0.25, -0.2) is 44.6 Å². The quantitative estimate of drug-likeness (QED) is 0.0564. The van der Waals surface area contributed by atoms with E-state index in [-0.39, 0.29) is 79.7 Å². The molecule has 9 rings (SSSR count). The van der Waals surface area contributed by atoms with Gasteiger partial charge in [0.25, 0.3) is 6.01 Å². The van der Waals surface area contributed by atoms with Crippen LogP contribution in [-0.4, -0.2) is 167 Å². The van der Waals surface area contributed by atoms with Crippen LogP contribution in [0.5, 0.6) is 0 Å². The lowest BCUT2D eigenvalue weighted by Crippen LogP contribution is -2.56. The van der Waals surface area contributed by atoms with Gasteiger partial charge in [-0.05, 0) is 77.4 Å². The number of halogens is 7. The minimum Gasteiger partial charge on any atom is -0.425 e. The first-order valence-electron chi connectivity index (χ1n) is 29.1. The Bertz CT molecular complexity index is 3710. The van der Waals surface area contributed by atoms with Crippen LogP contribution in [0.15, 0.2) is 86.0 Å². The van der Waals surface area contributed by atoms with Crippen molar-refractivity contribution >= 4 is 75.0 Å². The summed E-state index contributed by atoms with van der Waals surface area (Å²) in [6.45, 7) is 13.5. The molecule has 33 heteroatoms. The number of aliphatic hydroxyl groups is 5. The predicted molar refractivity (Wildman–Crippen MR) is 333 cm³/mol. The monoisotopic (exact) mass is 1380 g/mol. The fraction of sp³-hybridized carbons (Fsp3) is 0.525. The number of hydrogen-bond acceptors (Lipinski definition) is 23. The van der Waals surface area contributed by atoms with Gasteiger partial charge in [0.05, 0.1) is 64.9 Å². The Morgan fingerprint density at radius 3 is 1.37 bits per heavy atom. The summed E-state index contributed by atoms with van der Waals surface area (Å²) in [6.07, 6.45) is -4.59. The highest BCUT2D eigenvalue weighted by Gasteiger charge is 2.43. The molecule has 3 saturated heterocycles. The zero-order valence-electron chi connectivity index (χ0n) is 52.1. The smallest absolute Gasteiger partial charge is 0.425 e. The zero-order chi connectivity index (χ0) is 68.2. The zero-order valence-corrected chi connectivity index (χ0v) is 55.3. The summed E-state index contributed by atoms with van der Waals surface area (Å²) in [5, 5.41) is 47.1. The van der Waals surface area contributed by atoms with Crippen molar-refractivity contribution in [3.63, 3.8) is 0 Å². The van der Waals surface area contributed by atoms with Gasteiger partial charge < -0.3 is 59.3 Å². The van der Waals surface area contributed by atoms with Gasteiger partial charge in [0.2, 0.25) is 5.95 Å². The standard InChI is InChI=1S/C20H26F3N3O5S.C20H26F3N3O4S2.C19H25FN4O3S/c2*1-12(2)15-9-25(14-5-4-13(10-27)17(8-14)32(3,29)30)6-7-26(15)19-24-18(20(21,22)23)16(11-28)31-19;1-13(2)17-11-23(15-4-5-16(20)18(10-15)28(3,26)27)8-9-24(17)19-21-7-6-14(12-25)22-19/h2*4-5,8,12,15,27-28H,6-7,9-11H2,1-3H3;4-7,10,13,17,25H,8-9,11-12H2,1-3H3/t2*15-;17-/m000/s1. The fourth-order valence-corrected chi connectivity index (χ4v) is 14.8. The van der Waals surface area contributed by atoms with E-state index in [1.165, 1.54) is 24.3 Å². The third kappa shape index (κ3) is 17.3. The van der Waals surface area contributed by atoms with E-state index in [0.717, 1.165) is 30.1 Å². The van der Waals surface area contributed by atoms with E-state index in [1.54, 1.807) is 47.5 Å². The maximum Gasteiger partial charge on any atom is 0.437 e. The second kappa shape index (κ2) is 29.5. The molecule has 0 unspecified atom stereocenters. The highest BCUT2D eigenvalue weighted by atomic mass is 32.2. The number of anilines is 6. The molecule has 0 spiro atoms. The van der Waals surface area contributed by atoms with Crippen LogP contribution >= 0.6 is 11.3 Å². The number of hydrogen-bond donors (Lipinski definition) is 5. The van der Waals surface area contributed by atoms with Crippen LogP contribution in [0.25, 0.3) is 0 Å². The molecule has 0 amide bonds. The predicted octanol–water partition coefficient (Wildman–Crippen LogP) is 7.20. The second-order valence-corrected chi connectivity index (χ2v) is 30.6. The van der Waals surface area contributed by atoms with Crippen molar-refractivity contribution in [3.05, 3.63) is 112 Å². The van der Waals surface area contributed by atoms with Gasteiger partial charge in [-0.1, -0.05) is 65.0 Å². The lowest BCUT2D eigenvalue weighted by atomic mass is 9.99. The third-order valence-electron chi connectivity index (χ3n) is 16.0. The summed E-state index contributed by atoms with van der Waals surface area (Å²) in [4.78, 5) is 27.4. The Balaban J connectivity index is 0.000000196. The molecule has 3 atom stereocenters. The maximum absolute atomic E-state index is 13.9.